The van der Waals surface area contributed by atoms with Gasteiger partial charge in [-0.3, -0.25) is 0 Å². The van der Waals surface area contributed by atoms with E-state index < -0.39 is 5.97 Å². The molecule has 0 spiro atoms. The number of hydrogen-bond donors (Lipinski definition) is 2. The number of carboxylic acids is 1. The van der Waals surface area contributed by atoms with Gasteiger partial charge in [-0.25, -0.2) is 4.79 Å². The lowest BCUT2D eigenvalue weighted by Gasteiger charge is -1.96. The van der Waals surface area contributed by atoms with Crippen LogP contribution in [0.5, 0.6) is 0 Å². The minimum absolute atomic E-state index is 0.250. The summed E-state index contributed by atoms with van der Waals surface area (Å²) >= 11 is 7.04. The molecule has 2 aromatic rings. The molecule has 3 N–H and O–H groups in total. The minimum atomic E-state index is -0.957. The Morgan fingerprint density at radius 1 is 1.50 bits per heavy atom. The van der Waals surface area contributed by atoms with Crippen LogP contribution in [0.2, 0.25) is 5.02 Å². The second-order valence-electron chi connectivity index (χ2n) is 2.80. The van der Waals surface area contributed by atoms with E-state index in [2.05, 4.69) is 0 Å². The van der Waals surface area contributed by atoms with Gasteiger partial charge >= 0.3 is 5.97 Å². The second kappa shape index (κ2) is 3.15. The number of nitrogens with two attached hydrogens (primary N) is 1. The van der Waals surface area contributed by atoms with Crippen molar-refractivity contribution < 1.29 is 9.90 Å². The van der Waals surface area contributed by atoms with E-state index in [0.29, 0.717) is 16.1 Å². The number of carbonyl (C=O) groups is 1. The molecule has 0 aliphatic heterocycles. The molecule has 0 saturated carbocycles. The SMILES string of the molecule is Nc1ccc(Cl)c2sc(C(=O)O)cc12. The lowest BCUT2D eigenvalue weighted by atomic mass is 10.2. The number of carboxylic acid groups (broad SMARTS) is 1. The summed E-state index contributed by atoms with van der Waals surface area (Å²) < 4.78 is 0.726. The monoisotopic (exact) mass is 227 g/mol. The molecule has 14 heavy (non-hydrogen) atoms. The lowest BCUT2D eigenvalue weighted by Crippen LogP contribution is -1.89. The third-order valence-corrected chi connectivity index (χ3v) is 3.46. The normalized spacial score (nSPS) is 10.6. The van der Waals surface area contributed by atoms with Crippen molar-refractivity contribution in [1.29, 1.82) is 0 Å². The van der Waals surface area contributed by atoms with Gasteiger partial charge in [0.25, 0.3) is 0 Å². The largest absolute Gasteiger partial charge is 0.477 e. The highest BCUT2D eigenvalue weighted by Gasteiger charge is 2.12. The highest BCUT2D eigenvalue weighted by atomic mass is 35.5. The Morgan fingerprint density at radius 2 is 2.21 bits per heavy atom. The van der Waals surface area contributed by atoms with E-state index >= 15 is 0 Å². The van der Waals surface area contributed by atoms with Crippen LogP contribution in [0.3, 0.4) is 0 Å². The first-order valence-electron chi connectivity index (χ1n) is 3.80. The van der Waals surface area contributed by atoms with Crippen molar-refractivity contribution in [1.82, 2.24) is 0 Å². The Morgan fingerprint density at radius 3 is 2.79 bits per heavy atom. The zero-order valence-electron chi connectivity index (χ0n) is 6.95. The molecule has 0 aliphatic rings. The molecule has 0 radical (unpaired) electrons. The van der Waals surface area contributed by atoms with Crippen molar-refractivity contribution in [3.63, 3.8) is 0 Å². The Balaban J connectivity index is 2.82. The van der Waals surface area contributed by atoms with Gasteiger partial charge in [0.1, 0.15) is 4.88 Å². The first-order chi connectivity index (χ1) is 6.59. The fourth-order valence-corrected chi connectivity index (χ4v) is 2.43. The molecular weight excluding hydrogens is 222 g/mol. The third kappa shape index (κ3) is 1.32. The Kier molecular flexibility index (Phi) is 2.09. The van der Waals surface area contributed by atoms with Crippen LogP contribution >= 0.6 is 22.9 Å². The Bertz CT molecular complexity index is 482. The number of thiophene rings is 1. The molecule has 1 aromatic carbocycles. The first kappa shape index (κ1) is 9.30. The maximum Gasteiger partial charge on any atom is 0.345 e. The average Bonchev–Trinajstić information content (AvgIpc) is 2.57. The summed E-state index contributed by atoms with van der Waals surface area (Å²) in [5, 5.41) is 10.0. The summed E-state index contributed by atoms with van der Waals surface area (Å²) in [6, 6.07) is 4.88. The van der Waals surface area contributed by atoms with Crippen molar-refractivity contribution in [3.05, 3.63) is 28.1 Å². The second-order valence-corrected chi connectivity index (χ2v) is 4.25. The van der Waals surface area contributed by atoms with Gasteiger partial charge in [0.15, 0.2) is 0 Å². The van der Waals surface area contributed by atoms with E-state index in [1.807, 2.05) is 0 Å². The number of hydrogen-bond acceptors (Lipinski definition) is 3. The van der Waals surface area contributed by atoms with Gasteiger partial charge in [-0.2, -0.15) is 0 Å². The van der Waals surface area contributed by atoms with Crippen molar-refractivity contribution >= 4 is 44.7 Å². The van der Waals surface area contributed by atoms with Crippen LogP contribution in [0.1, 0.15) is 9.67 Å². The van der Waals surface area contributed by atoms with Crippen LogP contribution < -0.4 is 5.73 Å². The molecule has 72 valence electrons. The quantitative estimate of drug-likeness (QED) is 0.737. The van der Waals surface area contributed by atoms with Crippen LogP contribution in [0, 0.1) is 0 Å². The van der Waals surface area contributed by atoms with Crippen molar-refractivity contribution in [3.8, 4) is 0 Å². The van der Waals surface area contributed by atoms with Crippen LogP contribution in [-0.2, 0) is 0 Å². The number of benzene rings is 1. The molecule has 0 aliphatic carbocycles. The zero-order valence-corrected chi connectivity index (χ0v) is 8.52. The topological polar surface area (TPSA) is 63.3 Å². The molecule has 1 aromatic heterocycles. The van der Waals surface area contributed by atoms with Crippen molar-refractivity contribution in [2.45, 2.75) is 0 Å². The van der Waals surface area contributed by atoms with Gasteiger partial charge in [0.2, 0.25) is 0 Å². The van der Waals surface area contributed by atoms with Gasteiger partial charge < -0.3 is 10.8 Å². The summed E-state index contributed by atoms with van der Waals surface area (Å²) in [5.74, 6) is -0.957. The van der Waals surface area contributed by atoms with Crippen molar-refractivity contribution in [2.24, 2.45) is 0 Å². The predicted octanol–water partition coefficient (Wildman–Crippen LogP) is 2.84. The smallest absolute Gasteiger partial charge is 0.345 e. The zero-order chi connectivity index (χ0) is 10.3. The third-order valence-electron chi connectivity index (χ3n) is 1.88. The van der Waals surface area contributed by atoms with E-state index in [1.165, 1.54) is 0 Å². The van der Waals surface area contributed by atoms with Crippen LogP contribution in [-0.4, -0.2) is 11.1 Å². The number of fused-ring (bicyclic) bond motifs is 1. The van der Waals surface area contributed by atoms with Crippen LogP contribution in [0.25, 0.3) is 10.1 Å². The summed E-state index contributed by atoms with van der Waals surface area (Å²) in [7, 11) is 0. The highest BCUT2D eigenvalue weighted by Crippen LogP contribution is 2.35. The Labute approximate surface area is 88.7 Å². The molecule has 2 rings (SSSR count). The molecule has 0 saturated heterocycles. The fourth-order valence-electron chi connectivity index (χ4n) is 1.22. The maximum atomic E-state index is 10.7. The predicted molar refractivity (Wildman–Crippen MR) is 58.2 cm³/mol. The van der Waals surface area contributed by atoms with Gasteiger partial charge in [0.05, 0.1) is 9.72 Å². The minimum Gasteiger partial charge on any atom is -0.477 e. The molecular formula is C9H6ClNO2S. The molecule has 0 bridgehead atoms. The molecule has 0 fully saturated rings. The van der Waals surface area contributed by atoms with E-state index in [9.17, 15) is 4.79 Å². The van der Waals surface area contributed by atoms with E-state index in [0.717, 1.165) is 16.0 Å². The first-order valence-corrected chi connectivity index (χ1v) is 5.00. The molecule has 1 heterocycles. The number of nitrogen functional groups attached to an aromatic ring is 1. The number of anilines is 1. The molecule has 0 unspecified atom stereocenters. The average molecular weight is 228 g/mol. The van der Waals surface area contributed by atoms with Gasteiger partial charge in [-0.05, 0) is 18.2 Å². The summed E-state index contributed by atoms with van der Waals surface area (Å²) in [6.45, 7) is 0. The molecule has 5 heteroatoms. The van der Waals surface area contributed by atoms with Gasteiger partial charge in [0, 0.05) is 11.1 Å². The van der Waals surface area contributed by atoms with E-state index in [1.54, 1.807) is 18.2 Å². The highest BCUT2D eigenvalue weighted by molar-refractivity contribution is 7.21. The summed E-state index contributed by atoms with van der Waals surface area (Å²) in [6.07, 6.45) is 0. The number of aromatic carboxylic acids is 1. The fraction of sp³-hybridized carbons (Fsp3) is 0. The number of halogens is 1. The summed E-state index contributed by atoms with van der Waals surface area (Å²) in [4.78, 5) is 11.0. The summed E-state index contributed by atoms with van der Waals surface area (Å²) in [5.41, 5.74) is 6.24. The number of rotatable bonds is 1. The van der Waals surface area contributed by atoms with E-state index in [4.69, 9.17) is 22.4 Å². The van der Waals surface area contributed by atoms with Gasteiger partial charge in [-0.15, -0.1) is 11.3 Å². The van der Waals surface area contributed by atoms with Crippen LogP contribution in [0.15, 0.2) is 18.2 Å². The van der Waals surface area contributed by atoms with Gasteiger partial charge in [-0.1, -0.05) is 11.6 Å². The van der Waals surface area contributed by atoms with Crippen LogP contribution in [0.4, 0.5) is 5.69 Å². The lowest BCUT2D eigenvalue weighted by molar-refractivity contribution is 0.0702. The molecule has 0 atom stereocenters. The Hall–Kier alpha value is -1.26. The van der Waals surface area contributed by atoms with Crippen molar-refractivity contribution in [2.75, 3.05) is 5.73 Å². The maximum absolute atomic E-state index is 10.7. The molecule has 0 amide bonds. The standard InChI is InChI=1S/C9H6ClNO2S/c10-5-1-2-6(11)4-3-7(9(12)13)14-8(4)5/h1-3H,11H2,(H,12,13). The van der Waals surface area contributed by atoms with E-state index in [-0.39, 0.29) is 4.88 Å². The molecule has 3 nitrogen and oxygen atoms in total.